The number of hydrogen-bond acceptors (Lipinski definition) is 19. The van der Waals surface area contributed by atoms with Crippen molar-refractivity contribution in [2.75, 3.05) is 0 Å². The lowest BCUT2D eigenvalue weighted by molar-refractivity contribution is -0.153. The zero-order valence-electron chi connectivity index (χ0n) is 44.2. The summed E-state index contributed by atoms with van der Waals surface area (Å²) in [6, 6.07) is 4.68. The maximum atomic E-state index is 13.1. The van der Waals surface area contributed by atoms with Crippen LogP contribution < -0.4 is 0 Å². The number of nitrogens with zero attached hydrogens (tertiary/aromatic N) is 3. The van der Waals surface area contributed by atoms with Crippen molar-refractivity contribution in [3.8, 4) is 0 Å². The Morgan fingerprint density at radius 2 is 0.823 bits per heavy atom. The SMILES string of the molecule is C.C.CC(C)(C)OC(=O)N1C(=O)/C(=C\O)C2Cc3sccc3C21.CC1=C[C@@H](O/C=C2/C(=O)N(C(=O)OC(C)(C)C)[C@@H]3c4ccsc4C[C@H]23)OC1=O.CC1=C[C@H](O/C=C2/C(=O)N(C(=O)OC(C)(C)C)[C@@H]3c4ccsc4C[C@H]23)OC1=O. The van der Waals surface area contributed by atoms with Crippen LogP contribution >= 0.6 is 34.0 Å². The maximum absolute atomic E-state index is 13.1. The van der Waals surface area contributed by atoms with Gasteiger partial charge in [-0.05, 0) is 146 Å². The molecular formula is C57H67N3O16S3. The number of imide groups is 3. The first kappa shape index (κ1) is 59.6. The van der Waals surface area contributed by atoms with Crippen LogP contribution in [-0.2, 0) is 76.4 Å². The molecule has 11 rings (SSSR count). The molecule has 22 heteroatoms. The molecule has 8 atom stereocenters. The van der Waals surface area contributed by atoms with E-state index in [4.69, 9.17) is 33.2 Å². The number of thiophene rings is 3. The maximum Gasteiger partial charge on any atom is 0.417 e. The van der Waals surface area contributed by atoms with Crippen LogP contribution in [0, 0.1) is 17.8 Å². The number of ether oxygens (including phenoxy) is 7. The van der Waals surface area contributed by atoms with Crippen LogP contribution in [0.5, 0.6) is 0 Å². The molecule has 0 radical (unpaired) electrons. The van der Waals surface area contributed by atoms with Crippen molar-refractivity contribution in [3.05, 3.63) is 124 Å². The Bertz CT molecular complexity index is 2980. The number of carbonyl (C=O) groups is 8. The molecule has 1 N–H and O–H groups in total. The molecule has 0 aromatic carbocycles. The van der Waals surface area contributed by atoms with E-state index in [1.54, 1.807) is 122 Å². The number of hydrogen-bond donors (Lipinski definition) is 1. The van der Waals surface area contributed by atoms with E-state index >= 15 is 0 Å². The summed E-state index contributed by atoms with van der Waals surface area (Å²) in [4.78, 5) is 106. The summed E-state index contributed by atoms with van der Waals surface area (Å²) in [5, 5.41) is 15.3. The minimum atomic E-state index is -0.864. The molecule has 0 saturated carbocycles. The quantitative estimate of drug-likeness (QED) is 0.111. The van der Waals surface area contributed by atoms with Crippen molar-refractivity contribution in [2.45, 2.75) is 158 Å². The zero-order valence-corrected chi connectivity index (χ0v) is 46.7. The highest BCUT2D eigenvalue weighted by Gasteiger charge is 2.56. The molecule has 3 aromatic heterocycles. The van der Waals surface area contributed by atoms with Crippen LogP contribution in [0.2, 0.25) is 0 Å². The zero-order chi connectivity index (χ0) is 55.8. The number of esters is 2. The van der Waals surface area contributed by atoms with Gasteiger partial charge in [-0.1, -0.05) is 14.9 Å². The fraction of sp³-hybridized carbons (Fsp3) is 0.474. The molecule has 3 aromatic rings. The van der Waals surface area contributed by atoms with Gasteiger partial charge < -0.3 is 38.3 Å². The molecule has 3 saturated heterocycles. The second-order valence-corrected chi connectivity index (χ2v) is 25.4. The third kappa shape index (κ3) is 11.7. The van der Waals surface area contributed by atoms with Gasteiger partial charge in [-0.3, -0.25) is 14.4 Å². The number of carbonyl (C=O) groups excluding carboxylic acids is 8. The Morgan fingerprint density at radius 3 is 1.09 bits per heavy atom. The van der Waals surface area contributed by atoms with Gasteiger partial charge in [0.2, 0.25) is 0 Å². The van der Waals surface area contributed by atoms with E-state index < -0.39 is 89.4 Å². The molecule has 79 heavy (non-hydrogen) atoms. The van der Waals surface area contributed by atoms with Gasteiger partial charge in [0.25, 0.3) is 30.3 Å². The van der Waals surface area contributed by atoms with Gasteiger partial charge in [-0.2, -0.15) is 0 Å². The van der Waals surface area contributed by atoms with Crippen molar-refractivity contribution >= 4 is 82.0 Å². The summed E-state index contributed by atoms with van der Waals surface area (Å²) < 4.78 is 37.5. The number of likely N-dealkylation sites (tertiary alicyclic amines) is 3. The van der Waals surface area contributed by atoms with Gasteiger partial charge >= 0.3 is 30.2 Å². The van der Waals surface area contributed by atoms with Crippen molar-refractivity contribution in [2.24, 2.45) is 17.8 Å². The van der Waals surface area contributed by atoms with Crippen molar-refractivity contribution in [1.29, 1.82) is 0 Å². The molecule has 8 aliphatic rings. The van der Waals surface area contributed by atoms with E-state index in [-0.39, 0.29) is 44.2 Å². The fourth-order valence-corrected chi connectivity index (χ4v) is 13.3. The number of cyclic esters (lactones) is 2. The van der Waals surface area contributed by atoms with E-state index in [2.05, 4.69) is 0 Å². The van der Waals surface area contributed by atoms with Crippen molar-refractivity contribution < 1.29 is 76.6 Å². The number of rotatable bonds is 4. The van der Waals surface area contributed by atoms with Crippen LogP contribution in [0.3, 0.4) is 0 Å². The Morgan fingerprint density at radius 1 is 0.532 bits per heavy atom. The molecule has 0 spiro atoms. The average Bonchev–Trinajstić information content (AvgIpc) is 4.22. The molecule has 0 bridgehead atoms. The smallest absolute Gasteiger partial charge is 0.417 e. The van der Waals surface area contributed by atoms with Gasteiger partial charge in [-0.15, -0.1) is 34.0 Å². The Kier molecular flexibility index (Phi) is 16.8. The van der Waals surface area contributed by atoms with Crippen LogP contribution in [0.1, 0.15) is 140 Å². The van der Waals surface area contributed by atoms with E-state index in [9.17, 15) is 43.5 Å². The fourth-order valence-electron chi connectivity index (χ4n) is 10.4. The van der Waals surface area contributed by atoms with Crippen molar-refractivity contribution in [3.63, 3.8) is 0 Å². The van der Waals surface area contributed by atoms with E-state index in [1.165, 1.54) is 22.3 Å². The van der Waals surface area contributed by atoms with Gasteiger partial charge in [0.1, 0.15) is 16.8 Å². The largest absolute Gasteiger partial charge is 0.515 e. The normalized spacial score (nSPS) is 26.5. The Labute approximate surface area is 471 Å². The van der Waals surface area contributed by atoms with Crippen LogP contribution in [-0.4, -0.2) is 97.1 Å². The van der Waals surface area contributed by atoms with Gasteiger partial charge in [0.05, 0.1) is 53.6 Å². The lowest BCUT2D eigenvalue weighted by Crippen LogP contribution is -2.39. The Hall–Kier alpha value is -7.04. The van der Waals surface area contributed by atoms with E-state index in [1.807, 2.05) is 34.3 Å². The molecule has 6 amide bonds. The highest BCUT2D eigenvalue weighted by Crippen LogP contribution is 2.54. The lowest BCUT2D eigenvalue weighted by atomic mass is 9.97. The Balaban J connectivity index is 0.000000171. The molecule has 3 fully saturated rings. The summed E-state index contributed by atoms with van der Waals surface area (Å²) in [7, 11) is 0. The molecule has 5 aliphatic heterocycles. The second-order valence-electron chi connectivity index (χ2n) is 22.4. The molecule has 3 aliphatic carbocycles. The number of aliphatic hydroxyl groups is 1. The van der Waals surface area contributed by atoms with Gasteiger partial charge in [-0.25, -0.2) is 38.7 Å². The molecule has 8 heterocycles. The van der Waals surface area contributed by atoms with Crippen LogP contribution in [0.25, 0.3) is 0 Å². The van der Waals surface area contributed by atoms with Gasteiger partial charge in [0, 0.05) is 55.7 Å². The topological polar surface area (TPSA) is 231 Å². The van der Waals surface area contributed by atoms with Crippen LogP contribution in [0.4, 0.5) is 14.4 Å². The van der Waals surface area contributed by atoms with Gasteiger partial charge in [0.15, 0.2) is 0 Å². The van der Waals surface area contributed by atoms with E-state index in [0.717, 1.165) is 42.5 Å². The summed E-state index contributed by atoms with van der Waals surface area (Å²) in [5.74, 6) is -2.81. The number of fused-ring (bicyclic) bond motifs is 9. The highest BCUT2D eigenvalue weighted by molar-refractivity contribution is 7.10. The minimum absolute atomic E-state index is 0. The molecular weight excluding hydrogens is 1080 g/mol. The number of aliphatic hydroxyl groups excluding tert-OH is 1. The standard InChI is InChI=1S/2C20H21NO6S.C15H17NO4S.2CH4/c2*1-10-7-15(26-18(10)23)25-9-13-12-8-14-11(5-6-28-14)16(12)21(17(13)22)19(24)27-20(2,3)4;1-15(2,3)20-14(19)16-12-8-4-5-21-11(8)6-9(12)10(7-17)13(16)18;;/h2*5-7,9,12,15-16H,8H2,1-4H3;4-5,7,9,12,17H,6H2,1-3H3;2*1H4/b2*13-9+;10-7-;;/t12-,15+,16-;12-,15-,16-;;;/m11.../s1. The molecule has 424 valence electrons. The van der Waals surface area contributed by atoms with E-state index in [0.29, 0.717) is 41.6 Å². The summed E-state index contributed by atoms with van der Waals surface area (Å²) >= 11 is 4.82. The van der Waals surface area contributed by atoms with Crippen LogP contribution in [0.15, 0.2) is 93.1 Å². The minimum Gasteiger partial charge on any atom is -0.515 e. The third-order valence-electron chi connectivity index (χ3n) is 13.5. The first-order valence-corrected chi connectivity index (χ1v) is 27.5. The second kappa shape index (κ2) is 22.2. The predicted octanol–water partition coefficient (Wildman–Crippen LogP) is 11.4. The first-order valence-electron chi connectivity index (χ1n) is 24.9. The molecule has 2 unspecified atom stereocenters. The lowest BCUT2D eigenvalue weighted by Gasteiger charge is -2.26. The summed E-state index contributed by atoms with van der Waals surface area (Å²) in [6.45, 7) is 19.1. The summed E-state index contributed by atoms with van der Waals surface area (Å²) in [6.07, 6.45) is 4.84. The molecule has 19 nitrogen and oxygen atoms in total. The average molecular weight is 1150 g/mol. The summed E-state index contributed by atoms with van der Waals surface area (Å²) in [5.41, 5.74) is 2.79. The van der Waals surface area contributed by atoms with Crippen molar-refractivity contribution in [1.82, 2.24) is 14.7 Å². The third-order valence-corrected chi connectivity index (χ3v) is 16.4. The predicted molar refractivity (Wildman–Crippen MR) is 292 cm³/mol. The highest BCUT2D eigenvalue weighted by atomic mass is 32.1. The first-order chi connectivity index (χ1) is 36.1. The number of amides is 6. The monoisotopic (exact) mass is 1150 g/mol.